The van der Waals surface area contributed by atoms with Crippen LogP contribution in [0.15, 0.2) is 30.3 Å². The highest BCUT2D eigenvalue weighted by Gasteiger charge is 2.02. The van der Waals surface area contributed by atoms with Crippen molar-refractivity contribution in [3.05, 3.63) is 35.9 Å². The van der Waals surface area contributed by atoms with Gasteiger partial charge in [-0.25, -0.2) is 0 Å². The first-order valence-corrected chi connectivity index (χ1v) is 6.81. The van der Waals surface area contributed by atoms with E-state index in [1.165, 1.54) is 24.9 Å². The lowest BCUT2D eigenvalue weighted by Gasteiger charge is -2.20. The van der Waals surface area contributed by atoms with Crippen LogP contribution in [-0.2, 0) is 6.54 Å². The summed E-state index contributed by atoms with van der Waals surface area (Å²) in [6.45, 7) is 5.66. The first-order valence-electron chi connectivity index (χ1n) is 5.69. The van der Waals surface area contributed by atoms with Crippen molar-refractivity contribution in [1.29, 1.82) is 0 Å². The highest BCUT2D eigenvalue weighted by Crippen LogP contribution is 2.05. The first kappa shape index (κ1) is 12.7. The Balaban J connectivity index is 2.33. The van der Waals surface area contributed by atoms with Crippen LogP contribution in [0.2, 0.25) is 0 Å². The summed E-state index contributed by atoms with van der Waals surface area (Å²) in [5.74, 6) is 0. The van der Waals surface area contributed by atoms with Crippen molar-refractivity contribution in [2.24, 2.45) is 0 Å². The summed E-state index contributed by atoms with van der Waals surface area (Å²) in [6.07, 6.45) is 2.55. The van der Waals surface area contributed by atoms with E-state index in [1.54, 1.807) is 0 Å². The number of unbranched alkanes of at least 4 members (excludes halogenated alkanes) is 1. The summed E-state index contributed by atoms with van der Waals surface area (Å²) < 4.78 is 0. The Morgan fingerprint density at radius 2 is 1.87 bits per heavy atom. The van der Waals surface area contributed by atoms with Crippen LogP contribution >= 0.6 is 15.9 Å². The second kappa shape index (κ2) is 7.89. The SMILES string of the molecule is CCN(CCCCBr)Cc1ccccc1. The number of rotatable bonds is 7. The summed E-state index contributed by atoms with van der Waals surface area (Å²) in [4.78, 5) is 2.50. The molecule has 0 bridgehead atoms. The van der Waals surface area contributed by atoms with Gasteiger partial charge >= 0.3 is 0 Å². The van der Waals surface area contributed by atoms with Crippen LogP contribution in [0.25, 0.3) is 0 Å². The predicted molar refractivity (Wildman–Crippen MR) is 70.4 cm³/mol. The molecule has 0 heterocycles. The van der Waals surface area contributed by atoms with E-state index in [-0.39, 0.29) is 0 Å². The lowest BCUT2D eigenvalue weighted by molar-refractivity contribution is 0.276. The van der Waals surface area contributed by atoms with Crippen LogP contribution in [0.4, 0.5) is 0 Å². The average molecular weight is 270 g/mol. The molecule has 0 fully saturated rings. The minimum Gasteiger partial charge on any atom is -0.299 e. The second-order valence-corrected chi connectivity index (χ2v) is 4.54. The zero-order valence-electron chi connectivity index (χ0n) is 9.45. The molecule has 0 saturated heterocycles. The molecule has 0 aromatic heterocycles. The molecular weight excluding hydrogens is 250 g/mol. The van der Waals surface area contributed by atoms with Crippen molar-refractivity contribution < 1.29 is 0 Å². The van der Waals surface area contributed by atoms with Gasteiger partial charge in [0.1, 0.15) is 0 Å². The van der Waals surface area contributed by atoms with Crippen LogP contribution in [0, 0.1) is 0 Å². The Labute approximate surface area is 102 Å². The normalized spacial score (nSPS) is 10.9. The quantitative estimate of drug-likeness (QED) is 0.539. The van der Waals surface area contributed by atoms with E-state index >= 15 is 0 Å². The van der Waals surface area contributed by atoms with E-state index in [2.05, 4.69) is 58.1 Å². The van der Waals surface area contributed by atoms with Gasteiger partial charge < -0.3 is 0 Å². The molecule has 1 aromatic rings. The van der Waals surface area contributed by atoms with Crippen molar-refractivity contribution >= 4 is 15.9 Å². The third-order valence-electron chi connectivity index (χ3n) is 2.55. The minimum atomic E-state index is 1.08. The van der Waals surface area contributed by atoms with Crippen molar-refractivity contribution in [3.63, 3.8) is 0 Å². The van der Waals surface area contributed by atoms with Gasteiger partial charge in [-0.15, -0.1) is 0 Å². The largest absolute Gasteiger partial charge is 0.299 e. The number of nitrogens with zero attached hydrogens (tertiary/aromatic N) is 1. The molecule has 0 aliphatic rings. The van der Waals surface area contributed by atoms with Crippen molar-refractivity contribution in [2.75, 3.05) is 18.4 Å². The fraction of sp³-hybridized carbons (Fsp3) is 0.538. The van der Waals surface area contributed by atoms with Crippen molar-refractivity contribution in [3.8, 4) is 0 Å². The van der Waals surface area contributed by atoms with Gasteiger partial charge in [-0.05, 0) is 31.5 Å². The predicted octanol–water partition coefficient (Wildman–Crippen LogP) is 3.68. The van der Waals surface area contributed by atoms with Crippen LogP contribution < -0.4 is 0 Å². The molecule has 84 valence electrons. The highest BCUT2D eigenvalue weighted by molar-refractivity contribution is 9.09. The Morgan fingerprint density at radius 1 is 1.13 bits per heavy atom. The van der Waals surface area contributed by atoms with E-state index < -0.39 is 0 Å². The van der Waals surface area contributed by atoms with Crippen LogP contribution in [0.3, 0.4) is 0 Å². The zero-order chi connectivity index (χ0) is 10.9. The van der Waals surface area contributed by atoms with Crippen LogP contribution in [0.1, 0.15) is 25.3 Å². The molecule has 1 aromatic carbocycles. The Kier molecular flexibility index (Phi) is 6.69. The van der Waals surface area contributed by atoms with Gasteiger partial charge in [-0.2, -0.15) is 0 Å². The smallest absolute Gasteiger partial charge is 0.0233 e. The average Bonchev–Trinajstić information content (AvgIpc) is 2.29. The molecule has 0 aliphatic heterocycles. The topological polar surface area (TPSA) is 3.24 Å². The van der Waals surface area contributed by atoms with Gasteiger partial charge in [0, 0.05) is 11.9 Å². The maximum atomic E-state index is 3.47. The lowest BCUT2D eigenvalue weighted by atomic mass is 10.2. The molecule has 15 heavy (non-hydrogen) atoms. The van der Waals surface area contributed by atoms with Crippen LogP contribution in [0.5, 0.6) is 0 Å². The minimum absolute atomic E-state index is 1.08. The fourth-order valence-corrected chi connectivity index (χ4v) is 2.02. The molecule has 0 amide bonds. The molecule has 0 N–H and O–H groups in total. The molecule has 0 spiro atoms. The molecule has 1 nitrogen and oxygen atoms in total. The third kappa shape index (κ3) is 5.33. The molecule has 0 unspecified atom stereocenters. The Morgan fingerprint density at radius 3 is 2.47 bits per heavy atom. The standard InChI is InChI=1S/C13H20BrN/c1-2-15(11-7-6-10-14)12-13-8-4-3-5-9-13/h3-5,8-9H,2,6-7,10-12H2,1H3. The molecule has 0 aliphatic carbocycles. The second-order valence-electron chi connectivity index (χ2n) is 3.75. The summed E-state index contributed by atoms with van der Waals surface area (Å²) in [5, 5.41) is 1.12. The Hall–Kier alpha value is -0.340. The van der Waals surface area contributed by atoms with E-state index in [9.17, 15) is 0 Å². The van der Waals surface area contributed by atoms with Gasteiger partial charge in [0.05, 0.1) is 0 Å². The van der Waals surface area contributed by atoms with E-state index in [0.717, 1.165) is 18.4 Å². The Bertz CT molecular complexity index is 248. The summed E-state index contributed by atoms with van der Waals surface area (Å²) >= 11 is 3.47. The molecular formula is C13H20BrN. The van der Waals surface area contributed by atoms with Crippen molar-refractivity contribution in [2.45, 2.75) is 26.3 Å². The lowest BCUT2D eigenvalue weighted by Crippen LogP contribution is -2.24. The monoisotopic (exact) mass is 269 g/mol. The van der Waals surface area contributed by atoms with Crippen LogP contribution in [-0.4, -0.2) is 23.3 Å². The molecule has 0 radical (unpaired) electrons. The number of alkyl halides is 1. The molecule has 1 rings (SSSR count). The summed E-state index contributed by atoms with van der Waals surface area (Å²) in [5.41, 5.74) is 1.41. The fourth-order valence-electron chi connectivity index (χ4n) is 1.62. The first-order chi connectivity index (χ1) is 7.36. The van der Waals surface area contributed by atoms with E-state index in [1.807, 2.05) is 0 Å². The van der Waals surface area contributed by atoms with Gasteiger partial charge in [-0.3, -0.25) is 4.90 Å². The number of halogens is 1. The number of hydrogen-bond acceptors (Lipinski definition) is 1. The van der Waals surface area contributed by atoms with E-state index in [4.69, 9.17) is 0 Å². The number of benzene rings is 1. The molecule has 0 atom stereocenters. The maximum Gasteiger partial charge on any atom is 0.0233 e. The summed E-state index contributed by atoms with van der Waals surface area (Å²) in [7, 11) is 0. The van der Waals surface area contributed by atoms with Gasteiger partial charge in [0.2, 0.25) is 0 Å². The summed E-state index contributed by atoms with van der Waals surface area (Å²) in [6, 6.07) is 10.7. The zero-order valence-corrected chi connectivity index (χ0v) is 11.0. The van der Waals surface area contributed by atoms with Gasteiger partial charge in [0.25, 0.3) is 0 Å². The third-order valence-corrected chi connectivity index (χ3v) is 3.11. The number of hydrogen-bond donors (Lipinski definition) is 0. The van der Waals surface area contributed by atoms with Gasteiger partial charge in [-0.1, -0.05) is 53.2 Å². The molecule has 2 heteroatoms. The van der Waals surface area contributed by atoms with Gasteiger partial charge in [0.15, 0.2) is 0 Å². The molecule has 0 saturated carbocycles. The maximum absolute atomic E-state index is 3.47. The van der Waals surface area contributed by atoms with Crippen molar-refractivity contribution in [1.82, 2.24) is 4.90 Å². The van der Waals surface area contributed by atoms with E-state index in [0.29, 0.717) is 0 Å². The highest BCUT2D eigenvalue weighted by atomic mass is 79.9.